The summed E-state index contributed by atoms with van der Waals surface area (Å²) < 4.78 is 28.8. The van der Waals surface area contributed by atoms with Gasteiger partial charge in [0.15, 0.2) is 0 Å². The van der Waals surface area contributed by atoms with E-state index >= 15 is 0 Å². The molecule has 2 rings (SSSR count). The van der Waals surface area contributed by atoms with Gasteiger partial charge in [-0.3, -0.25) is 4.55 Å². The summed E-state index contributed by atoms with van der Waals surface area (Å²) in [6.45, 7) is -0.529. The van der Waals surface area contributed by atoms with Crippen LogP contribution in [0.3, 0.4) is 0 Å². The molecule has 0 aliphatic heterocycles. The smallest absolute Gasteiger partial charge is 0.267 e. The van der Waals surface area contributed by atoms with Crippen molar-refractivity contribution in [2.24, 2.45) is 0 Å². The first-order chi connectivity index (χ1) is 8.48. The molecule has 0 fully saturated rings. The van der Waals surface area contributed by atoms with Crippen LogP contribution in [0, 0.1) is 11.3 Å². The van der Waals surface area contributed by atoms with Crippen LogP contribution in [0.1, 0.15) is 5.56 Å². The molecule has 0 saturated carbocycles. The van der Waals surface area contributed by atoms with Crippen molar-refractivity contribution in [3.63, 3.8) is 0 Å². The molecule has 0 spiro atoms. The fourth-order valence-electron chi connectivity index (χ4n) is 1.14. The highest BCUT2D eigenvalue weighted by Gasteiger charge is 1.99. The van der Waals surface area contributed by atoms with Crippen LogP contribution >= 0.6 is 0 Å². The minimum Gasteiger partial charge on any atom is -0.395 e. The maximum atomic E-state index is 9.63. The first-order valence-electron chi connectivity index (χ1n) is 4.86. The van der Waals surface area contributed by atoms with Gasteiger partial charge in [0.1, 0.15) is 6.07 Å². The second kappa shape index (κ2) is 6.11. The summed E-state index contributed by atoms with van der Waals surface area (Å²) >= 11 is 0. The SMILES string of the molecule is N#Cc1cnn2ccccc12.O=S(=O)(O)CCO. The Hall–Kier alpha value is -1.95. The number of rotatable bonds is 2. The van der Waals surface area contributed by atoms with Gasteiger partial charge in [-0.05, 0) is 12.1 Å². The van der Waals surface area contributed by atoms with Crippen molar-refractivity contribution in [3.05, 3.63) is 36.2 Å². The number of hydrogen-bond donors (Lipinski definition) is 2. The van der Waals surface area contributed by atoms with E-state index in [-0.39, 0.29) is 0 Å². The van der Waals surface area contributed by atoms with Crippen molar-refractivity contribution >= 4 is 15.6 Å². The summed E-state index contributed by atoms with van der Waals surface area (Å²) in [5.41, 5.74) is 1.47. The number of hydrogen-bond acceptors (Lipinski definition) is 5. The lowest BCUT2D eigenvalue weighted by Gasteiger charge is -1.88. The third kappa shape index (κ3) is 4.14. The van der Waals surface area contributed by atoms with Gasteiger partial charge in [-0.25, -0.2) is 4.52 Å². The van der Waals surface area contributed by atoms with Crippen LogP contribution < -0.4 is 0 Å². The number of aliphatic hydroxyl groups excluding tert-OH is 1. The van der Waals surface area contributed by atoms with E-state index in [2.05, 4.69) is 11.2 Å². The molecule has 0 radical (unpaired) electrons. The van der Waals surface area contributed by atoms with E-state index in [0.717, 1.165) is 5.52 Å². The first kappa shape index (κ1) is 14.1. The monoisotopic (exact) mass is 269 g/mol. The fraction of sp³-hybridized carbons (Fsp3) is 0.200. The highest BCUT2D eigenvalue weighted by molar-refractivity contribution is 7.85. The molecule has 2 aromatic heterocycles. The van der Waals surface area contributed by atoms with E-state index in [1.807, 2.05) is 24.4 Å². The molecule has 2 heterocycles. The molecular weight excluding hydrogens is 258 g/mol. The Kier molecular flexibility index (Phi) is 4.79. The minimum absolute atomic E-state index is 0.529. The predicted molar refractivity (Wildman–Crippen MR) is 63.4 cm³/mol. The zero-order valence-corrected chi connectivity index (χ0v) is 10.1. The van der Waals surface area contributed by atoms with Crippen LogP contribution in [-0.4, -0.2) is 40.1 Å². The zero-order valence-electron chi connectivity index (χ0n) is 9.26. The first-order valence-corrected chi connectivity index (χ1v) is 6.47. The summed E-state index contributed by atoms with van der Waals surface area (Å²) in [4.78, 5) is 0. The molecule has 2 N–H and O–H groups in total. The normalized spacial score (nSPS) is 10.5. The third-order valence-electron chi connectivity index (χ3n) is 1.90. The van der Waals surface area contributed by atoms with Crippen LogP contribution in [0.5, 0.6) is 0 Å². The molecule has 0 atom stereocenters. The Morgan fingerprint density at radius 3 is 2.67 bits per heavy atom. The van der Waals surface area contributed by atoms with E-state index in [1.54, 1.807) is 10.7 Å². The van der Waals surface area contributed by atoms with Gasteiger partial charge in [-0.2, -0.15) is 18.8 Å². The number of nitriles is 1. The molecule has 0 aromatic carbocycles. The average Bonchev–Trinajstić information content (AvgIpc) is 2.71. The summed E-state index contributed by atoms with van der Waals surface area (Å²) in [5.74, 6) is -0.576. The highest BCUT2D eigenvalue weighted by Crippen LogP contribution is 2.06. The lowest BCUT2D eigenvalue weighted by molar-refractivity contribution is 0.315. The Labute approximate surface area is 104 Å². The fourth-order valence-corrected chi connectivity index (χ4v) is 1.37. The van der Waals surface area contributed by atoms with E-state index in [9.17, 15) is 8.42 Å². The maximum absolute atomic E-state index is 9.63. The Bertz CT molecular complexity index is 657. The molecule has 2 aromatic rings. The largest absolute Gasteiger partial charge is 0.395 e. The van der Waals surface area contributed by atoms with Crippen molar-refractivity contribution in [2.75, 3.05) is 12.4 Å². The van der Waals surface area contributed by atoms with Crippen LogP contribution in [0.25, 0.3) is 5.52 Å². The van der Waals surface area contributed by atoms with Crippen LogP contribution in [0.2, 0.25) is 0 Å². The number of nitrogens with zero attached hydrogens (tertiary/aromatic N) is 3. The van der Waals surface area contributed by atoms with Gasteiger partial charge < -0.3 is 5.11 Å². The molecule has 7 nitrogen and oxygen atoms in total. The maximum Gasteiger partial charge on any atom is 0.267 e. The van der Waals surface area contributed by atoms with Crippen LogP contribution in [0.15, 0.2) is 30.6 Å². The lowest BCUT2D eigenvalue weighted by Crippen LogP contribution is -2.06. The number of fused-ring (bicyclic) bond motifs is 1. The summed E-state index contributed by atoms with van der Waals surface area (Å²) in [5, 5.41) is 20.5. The summed E-state index contributed by atoms with van der Waals surface area (Å²) in [6, 6.07) is 7.70. The third-order valence-corrected chi connectivity index (χ3v) is 2.59. The quantitative estimate of drug-likeness (QED) is 0.745. The molecule has 0 saturated heterocycles. The lowest BCUT2D eigenvalue weighted by atomic mass is 10.3. The standard InChI is InChI=1S/C8H5N3.C2H6O4S/c9-5-7-6-10-11-4-2-1-3-8(7)11;3-1-2-7(4,5)6/h1-4,6H;3H,1-2H2,(H,4,5,6). The van der Waals surface area contributed by atoms with Gasteiger partial charge >= 0.3 is 0 Å². The summed E-state index contributed by atoms with van der Waals surface area (Å²) in [7, 11) is -3.92. The van der Waals surface area contributed by atoms with Crippen molar-refractivity contribution < 1.29 is 18.1 Å². The van der Waals surface area contributed by atoms with Crippen LogP contribution in [0.4, 0.5) is 0 Å². The molecule has 8 heteroatoms. The average molecular weight is 269 g/mol. The Morgan fingerprint density at radius 2 is 2.17 bits per heavy atom. The minimum atomic E-state index is -3.92. The Morgan fingerprint density at radius 1 is 1.44 bits per heavy atom. The topological polar surface area (TPSA) is 116 Å². The second-order valence-electron chi connectivity index (χ2n) is 3.21. The van der Waals surface area contributed by atoms with Crippen LogP contribution in [-0.2, 0) is 10.1 Å². The van der Waals surface area contributed by atoms with Gasteiger partial charge in [0, 0.05) is 6.20 Å². The molecule has 0 bridgehead atoms. The van der Waals surface area contributed by atoms with Gasteiger partial charge in [0.25, 0.3) is 10.1 Å². The van der Waals surface area contributed by atoms with Gasteiger partial charge in [0.05, 0.1) is 29.6 Å². The molecule has 0 aliphatic carbocycles. The molecule has 0 aliphatic rings. The van der Waals surface area contributed by atoms with Gasteiger partial charge in [0.2, 0.25) is 0 Å². The van der Waals surface area contributed by atoms with Crippen molar-refractivity contribution in [3.8, 4) is 6.07 Å². The highest BCUT2D eigenvalue weighted by atomic mass is 32.2. The van der Waals surface area contributed by atoms with Gasteiger partial charge in [-0.1, -0.05) is 6.07 Å². The summed E-state index contributed by atoms with van der Waals surface area (Å²) in [6.07, 6.45) is 3.38. The zero-order chi connectivity index (χ0) is 13.6. The number of pyridine rings is 1. The van der Waals surface area contributed by atoms with E-state index in [0.29, 0.717) is 5.56 Å². The second-order valence-corrected chi connectivity index (χ2v) is 4.78. The van der Waals surface area contributed by atoms with E-state index in [1.165, 1.54) is 0 Å². The number of aliphatic hydroxyl groups is 1. The van der Waals surface area contributed by atoms with Crippen molar-refractivity contribution in [1.29, 1.82) is 5.26 Å². The molecule has 96 valence electrons. The molecular formula is C10H11N3O4S. The molecule has 0 amide bonds. The predicted octanol–water partition coefficient (Wildman–Crippen LogP) is 0.0725. The van der Waals surface area contributed by atoms with E-state index < -0.39 is 22.5 Å². The molecule has 18 heavy (non-hydrogen) atoms. The number of aromatic nitrogens is 2. The van der Waals surface area contributed by atoms with Gasteiger partial charge in [-0.15, -0.1) is 0 Å². The van der Waals surface area contributed by atoms with E-state index in [4.69, 9.17) is 14.9 Å². The molecule has 0 unspecified atom stereocenters. The van der Waals surface area contributed by atoms with Crippen molar-refractivity contribution in [1.82, 2.24) is 9.61 Å². The van der Waals surface area contributed by atoms with Crippen molar-refractivity contribution in [2.45, 2.75) is 0 Å². The Balaban J connectivity index is 0.000000203.